The Morgan fingerprint density at radius 3 is 2.27 bits per heavy atom. The van der Waals surface area contributed by atoms with Gasteiger partial charge in [-0.2, -0.15) is 13.2 Å². The lowest BCUT2D eigenvalue weighted by atomic mass is 9.92. The summed E-state index contributed by atoms with van der Waals surface area (Å²) >= 11 is 0. The third kappa shape index (κ3) is 7.68. The minimum atomic E-state index is -4.65. The van der Waals surface area contributed by atoms with Crippen molar-refractivity contribution in [3.05, 3.63) is 53.6 Å². The number of halogens is 4. The van der Waals surface area contributed by atoms with Gasteiger partial charge in [0.25, 0.3) is 0 Å². The molecule has 3 heterocycles. The van der Waals surface area contributed by atoms with E-state index in [1.54, 1.807) is 11.0 Å². The second-order valence-corrected chi connectivity index (χ2v) is 18.5. The molecule has 0 atom stereocenters. The van der Waals surface area contributed by atoms with Crippen molar-refractivity contribution in [3.8, 4) is 11.1 Å². The zero-order chi connectivity index (χ0) is 30.2. The third-order valence-corrected chi connectivity index (χ3v) is 8.88. The van der Waals surface area contributed by atoms with Crippen molar-refractivity contribution in [2.45, 2.75) is 83.7 Å². The minimum absolute atomic E-state index is 0.0288. The number of rotatable bonds is 7. The van der Waals surface area contributed by atoms with Crippen molar-refractivity contribution >= 4 is 25.2 Å². The first-order valence-corrected chi connectivity index (χ1v) is 17.7. The molecule has 0 saturated carbocycles. The van der Waals surface area contributed by atoms with Crippen LogP contribution >= 0.6 is 0 Å². The van der Waals surface area contributed by atoms with Crippen LogP contribution in [0.15, 0.2) is 36.5 Å². The molecular weight excluding hydrogens is 554 g/mol. The highest BCUT2D eigenvalue weighted by Gasteiger charge is 2.37. The first-order chi connectivity index (χ1) is 19.0. The van der Waals surface area contributed by atoms with Crippen LogP contribution < -0.4 is 0 Å². The van der Waals surface area contributed by atoms with Crippen LogP contribution in [-0.4, -0.2) is 53.9 Å². The number of hydrogen-bond acceptors (Lipinski definition) is 4. The third-order valence-electron chi connectivity index (χ3n) is 7.18. The number of hydrogen-bond donors (Lipinski definition) is 0. The Labute approximate surface area is 239 Å². The van der Waals surface area contributed by atoms with E-state index in [1.807, 2.05) is 25.3 Å². The Bertz CT molecular complexity index is 1370. The van der Waals surface area contributed by atoms with Gasteiger partial charge in [-0.05, 0) is 63.4 Å². The maximum atomic E-state index is 14.2. The van der Waals surface area contributed by atoms with E-state index in [1.165, 1.54) is 12.1 Å². The SMILES string of the molecule is CC(C)(C)OC(=O)N1CCC(c2cc3c(-c4ccc(F)cc4)c(C(F)(F)F)cnc3n2COCC[Si](C)(C)C)CC1. The average Bonchev–Trinajstić information content (AvgIpc) is 3.23. The number of aromatic nitrogens is 2. The van der Waals surface area contributed by atoms with E-state index in [2.05, 4.69) is 24.6 Å². The molecule has 2 aromatic heterocycles. The molecule has 1 saturated heterocycles. The second kappa shape index (κ2) is 11.8. The number of carbonyl (C=O) groups is 1. The zero-order valence-electron chi connectivity index (χ0n) is 24.6. The predicted molar refractivity (Wildman–Crippen MR) is 154 cm³/mol. The Hall–Kier alpha value is -2.92. The van der Waals surface area contributed by atoms with E-state index in [0.717, 1.165) is 30.1 Å². The van der Waals surface area contributed by atoms with Gasteiger partial charge in [0.1, 0.15) is 23.8 Å². The molecule has 224 valence electrons. The molecule has 0 radical (unpaired) electrons. The van der Waals surface area contributed by atoms with Gasteiger partial charge < -0.3 is 18.9 Å². The first-order valence-electron chi connectivity index (χ1n) is 13.9. The van der Waals surface area contributed by atoms with Gasteiger partial charge in [0.05, 0.1) is 5.56 Å². The maximum absolute atomic E-state index is 14.2. The smallest absolute Gasteiger partial charge is 0.418 e. The largest absolute Gasteiger partial charge is 0.444 e. The van der Waals surface area contributed by atoms with Gasteiger partial charge in [-0.1, -0.05) is 31.8 Å². The van der Waals surface area contributed by atoms with Crippen LogP contribution in [0.3, 0.4) is 0 Å². The number of pyridine rings is 1. The predicted octanol–water partition coefficient (Wildman–Crippen LogP) is 8.29. The van der Waals surface area contributed by atoms with E-state index in [9.17, 15) is 22.4 Å². The molecule has 0 spiro atoms. The standard InChI is InChI=1S/C30H39F4N3O3Si/c1-29(2,3)40-28(38)36-13-11-20(12-14-36)25-17-23-26(21-7-9-22(31)10-8-21)24(30(32,33)34)18-35-27(23)37(25)19-39-15-16-41(4,5)6/h7-10,17-18,20H,11-16,19H2,1-6H3. The highest BCUT2D eigenvalue weighted by Crippen LogP contribution is 2.43. The maximum Gasteiger partial charge on any atom is 0.418 e. The Balaban J connectivity index is 1.75. The fourth-order valence-corrected chi connectivity index (χ4v) is 5.81. The summed E-state index contributed by atoms with van der Waals surface area (Å²) in [7, 11) is -1.36. The van der Waals surface area contributed by atoms with Gasteiger partial charge in [0.15, 0.2) is 0 Å². The fourth-order valence-electron chi connectivity index (χ4n) is 5.05. The van der Waals surface area contributed by atoms with Gasteiger partial charge in [-0.15, -0.1) is 0 Å². The minimum Gasteiger partial charge on any atom is -0.444 e. The quantitative estimate of drug-likeness (QED) is 0.157. The van der Waals surface area contributed by atoms with Crippen LogP contribution in [0, 0.1) is 5.82 Å². The number of alkyl halides is 3. The molecule has 1 amide bonds. The second-order valence-electron chi connectivity index (χ2n) is 12.9. The molecule has 1 fully saturated rings. The van der Waals surface area contributed by atoms with E-state index in [0.29, 0.717) is 43.6 Å². The van der Waals surface area contributed by atoms with Crippen LogP contribution in [-0.2, 0) is 22.4 Å². The molecule has 1 aliphatic heterocycles. The van der Waals surface area contributed by atoms with Crippen molar-refractivity contribution in [2.24, 2.45) is 0 Å². The molecule has 4 rings (SSSR count). The Kier molecular flexibility index (Phi) is 8.89. The molecular formula is C30H39F4N3O3Si. The molecule has 0 N–H and O–H groups in total. The van der Waals surface area contributed by atoms with Gasteiger partial charge in [-0.3, -0.25) is 0 Å². The number of amides is 1. The molecule has 1 aromatic carbocycles. The highest BCUT2D eigenvalue weighted by molar-refractivity contribution is 6.76. The van der Waals surface area contributed by atoms with Gasteiger partial charge >= 0.3 is 12.3 Å². The highest BCUT2D eigenvalue weighted by atomic mass is 28.3. The summed E-state index contributed by atoms with van der Waals surface area (Å²) in [5.41, 5.74) is -0.0571. The number of fused-ring (bicyclic) bond motifs is 1. The van der Waals surface area contributed by atoms with Gasteiger partial charge in [-0.25, -0.2) is 14.2 Å². The lowest BCUT2D eigenvalue weighted by Gasteiger charge is -2.33. The summed E-state index contributed by atoms with van der Waals surface area (Å²) in [6.45, 7) is 13.8. The molecule has 11 heteroatoms. The zero-order valence-corrected chi connectivity index (χ0v) is 25.6. The van der Waals surface area contributed by atoms with Crippen LogP contribution in [0.1, 0.15) is 50.8 Å². The van der Waals surface area contributed by atoms with Crippen LogP contribution in [0.5, 0.6) is 0 Å². The van der Waals surface area contributed by atoms with Gasteiger partial charge in [0, 0.05) is 56.5 Å². The van der Waals surface area contributed by atoms with E-state index in [4.69, 9.17) is 9.47 Å². The van der Waals surface area contributed by atoms with Crippen LogP contribution in [0.2, 0.25) is 25.7 Å². The summed E-state index contributed by atoms with van der Waals surface area (Å²) in [6, 6.07) is 7.76. The number of benzene rings is 1. The van der Waals surface area contributed by atoms with Crippen LogP contribution in [0.25, 0.3) is 22.2 Å². The van der Waals surface area contributed by atoms with Crippen molar-refractivity contribution in [2.75, 3.05) is 19.7 Å². The van der Waals surface area contributed by atoms with Crippen molar-refractivity contribution in [3.63, 3.8) is 0 Å². The van der Waals surface area contributed by atoms with E-state index >= 15 is 0 Å². The number of nitrogens with zero attached hydrogens (tertiary/aromatic N) is 3. The molecule has 0 unspecified atom stereocenters. The molecule has 6 nitrogen and oxygen atoms in total. The summed E-state index contributed by atoms with van der Waals surface area (Å²) in [6.07, 6.45) is -2.94. The van der Waals surface area contributed by atoms with E-state index < -0.39 is 31.2 Å². The Morgan fingerprint density at radius 2 is 1.71 bits per heavy atom. The molecule has 1 aliphatic rings. The summed E-state index contributed by atoms with van der Waals surface area (Å²) in [5, 5.41) is 0.338. The average molecular weight is 594 g/mol. The monoisotopic (exact) mass is 593 g/mol. The number of likely N-dealkylation sites (tertiary alicyclic amines) is 1. The Morgan fingerprint density at radius 1 is 1.07 bits per heavy atom. The number of carbonyl (C=O) groups excluding carboxylic acids is 1. The number of piperidine rings is 1. The lowest BCUT2D eigenvalue weighted by molar-refractivity contribution is -0.137. The molecule has 41 heavy (non-hydrogen) atoms. The first kappa shape index (κ1) is 31.0. The van der Waals surface area contributed by atoms with Gasteiger partial charge in [0.2, 0.25) is 0 Å². The van der Waals surface area contributed by atoms with Crippen molar-refractivity contribution in [1.29, 1.82) is 0 Å². The molecule has 0 aliphatic carbocycles. The van der Waals surface area contributed by atoms with Crippen molar-refractivity contribution in [1.82, 2.24) is 14.5 Å². The summed E-state index contributed by atoms with van der Waals surface area (Å²) in [4.78, 5) is 18.6. The normalized spacial score (nSPS) is 15.5. The van der Waals surface area contributed by atoms with Crippen molar-refractivity contribution < 1.29 is 31.8 Å². The van der Waals surface area contributed by atoms with Crippen LogP contribution in [0.4, 0.5) is 22.4 Å². The summed E-state index contributed by atoms with van der Waals surface area (Å²) in [5.74, 6) is -0.558. The topological polar surface area (TPSA) is 56.6 Å². The fraction of sp³-hybridized carbons (Fsp3) is 0.533. The summed E-state index contributed by atoms with van der Waals surface area (Å²) < 4.78 is 69.8. The van der Waals surface area contributed by atoms with E-state index in [-0.39, 0.29) is 29.9 Å². The molecule has 0 bridgehead atoms. The lowest BCUT2D eigenvalue weighted by Crippen LogP contribution is -2.41. The molecule has 3 aromatic rings. The number of ether oxygens (including phenoxy) is 2.